The molecule has 0 aliphatic carbocycles. The van der Waals surface area contributed by atoms with E-state index in [0.717, 1.165) is 22.1 Å². The lowest BCUT2D eigenvalue weighted by Gasteiger charge is -2.19. The Labute approximate surface area is 169 Å². The Morgan fingerprint density at radius 2 is 1.93 bits per heavy atom. The Morgan fingerprint density at radius 3 is 2.73 bits per heavy atom. The molecule has 2 aliphatic heterocycles. The van der Waals surface area contributed by atoms with Gasteiger partial charge in [0.1, 0.15) is 12.4 Å². The van der Waals surface area contributed by atoms with E-state index >= 15 is 0 Å². The quantitative estimate of drug-likeness (QED) is 0.617. The van der Waals surface area contributed by atoms with Gasteiger partial charge in [0.25, 0.3) is 11.8 Å². The zero-order valence-corrected chi connectivity index (χ0v) is 15.8. The lowest BCUT2D eigenvalue weighted by atomic mass is 10.1. The normalized spacial score (nSPS) is 20.3. The van der Waals surface area contributed by atoms with Crippen LogP contribution < -0.4 is 4.90 Å². The van der Waals surface area contributed by atoms with Gasteiger partial charge in [-0.1, -0.05) is 40.2 Å². The molecular weight excluding hydrogens is 391 g/mol. The second-order valence-electron chi connectivity index (χ2n) is 7.07. The van der Waals surface area contributed by atoms with Crippen molar-refractivity contribution in [3.05, 3.63) is 65.8 Å². The number of amides is 2. The van der Waals surface area contributed by atoms with Crippen LogP contribution >= 0.6 is 0 Å². The summed E-state index contributed by atoms with van der Waals surface area (Å²) in [5.41, 5.74) is 2.02. The first-order valence-corrected chi connectivity index (χ1v) is 9.22. The van der Waals surface area contributed by atoms with Gasteiger partial charge >= 0.3 is 0 Å². The molecule has 1 saturated heterocycles. The van der Waals surface area contributed by atoms with Gasteiger partial charge in [0.2, 0.25) is 11.7 Å². The van der Waals surface area contributed by atoms with Gasteiger partial charge in [-0.05, 0) is 31.2 Å². The smallest absolute Gasteiger partial charge is 0.263 e. The molecule has 5 rings (SSSR count). The highest BCUT2D eigenvalue weighted by Crippen LogP contribution is 2.33. The molecule has 1 aromatic heterocycles. The van der Waals surface area contributed by atoms with Crippen LogP contribution in [0.1, 0.15) is 11.5 Å². The molecule has 3 aromatic rings. The number of halogens is 1. The van der Waals surface area contributed by atoms with E-state index in [-0.39, 0.29) is 18.1 Å². The molecule has 1 fully saturated rings. The van der Waals surface area contributed by atoms with Gasteiger partial charge in [-0.15, -0.1) is 0 Å². The van der Waals surface area contributed by atoms with Crippen LogP contribution in [0.3, 0.4) is 0 Å². The van der Waals surface area contributed by atoms with E-state index < -0.39 is 29.7 Å². The minimum atomic E-state index is -0.986. The monoisotopic (exact) mass is 406 g/mol. The Bertz CT molecular complexity index is 1190. The third-order valence-corrected chi connectivity index (χ3v) is 4.97. The number of rotatable bonds is 4. The summed E-state index contributed by atoms with van der Waals surface area (Å²) >= 11 is 0. The molecule has 2 atom stereocenters. The van der Waals surface area contributed by atoms with Gasteiger partial charge in [-0.2, -0.15) is 10.1 Å². The minimum Gasteiger partial charge on any atom is -0.337 e. The summed E-state index contributed by atoms with van der Waals surface area (Å²) in [6, 6.07) is 11.0. The van der Waals surface area contributed by atoms with Crippen LogP contribution in [0.5, 0.6) is 0 Å². The molecule has 0 N–H and O–H groups in total. The van der Waals surface area contributed by atoms with Crippen molar-refractivity contribution in [3.63, 3.8) is 0 Å². The maximum atomic E-state index is 13.6. The molecule has 0 radical (unpaired) electrons. The van der Waals surface area contributed by atoms with Crippen LogP contribution in [-0.2, 0) is 16.1 Å². The van der Waals surface area contributed by atoms with Crippen LogP contribution in [0.4, 0.5) is 10.1 Å². The van der Waals surface area contributed by atoms with Crippen molar-refractivity contribution in [2.75, 3.05) is 4.90 Å². The third kappa shape index (κ3) is 2.93. The maximum absolute atomic E-state index is 13.6. The second kappa shape index (κ2) is 6.83. The minimum absolute atomic E-state index is 0.0134. The molecule has 0 unspecified atom stereocenters. The fourth-order valence-corrected chi connectivity index (χ4v) is 3.58. The van der Waals surface area contributed by atoms with E-state index in [1.165, 1.54) is 23.2 Å². The van der Waals surface area contributed by atoms with E-state index in [9.17, 15) is 14.0 Å². The number of carbonyl (C=O) groups excluding carboxylic acids is 2. The molecule has 2 aromatic carbocycles. The van der Waals surface area contributed by atoms with Gasteiger partial charge < -0.3 is 4.52 Å². The van der Waals surface area contributed by atoms with Crippen molar-refractivity contribution in [3.8, 4) is 11.4 Å². The first-order valence-electron chi connectivity index (χ1n) is 9.22. The Balaban J connectivity index is 1.37. The Morgan fingerprint density at radius 1 is 1.10 bits per heavy atom. The number of benzene rings is 2. The molecule has 0 bridgehead atoms. The van der Waals surface area contributed by atoms with E-state index in [2.05, 4.69) is 20.5 Å². The standard InChI is InChI=1S/C20H15FN6O3/c1-11-4-2-5-12(8-11)18-22-15(30-24-18)10-26-17-16(23-25-26)19(28)27(20(17)29)14-7-3-6-13(21)9-14/h2-9,16-17H,10H2,1H3/t16-,17+/m1/s1. The average Bonchev–Trinajstić information content (AvgIpc) is 3.41. The number of fused-ring (bicyclic) bond motifs is 1. The molecule has 0 saturated carbocycles. The van der Waals surface area contributed by atoms with Crippen molar-refractivity contribution in [2.45, 2.75) is 25.6 Å². The summed E-state index contributed by atoms with van der Waals surface area (Å²) in [7, 11) is 0. The number of aryl methyl sites for hydroxylation is 1. The fraction of sp³-hybridized carbons (Fsp3) is 0.200. The number of hydrogen-bond donors (Lipinski definition) is 0. The molecule has 10 heteroatoms. The van der Waals surface area contributed by atoms with Gasteiger partial charge in [-0.3, -0.25) is 14.6 Å². The molecule has 3 heterocycles. The van der Waals surface area contributed by atoms with Crippen LogP contribution in [0.15, 0.2) is 63.4 Å². The van der Waals surface area contributed by atoms with Crippen molar-refractivity contribution < 1.29 is 18.5 Å². The number of carbonyl (C=O) groups is 2. The van der Waals surface area contributed by atoms with Crippen LogP contribution in [-0.4, -0.2) is 39.0 Å². The zero-order valence-electron chi connectivity index (χ0n) is 15.8. The Kier molecular flexibility index (Phi) is 4.12. The van der Waals surface area contributed by atoms with Crippen LogP contribution in [0.2, 0.25) is 0 Å². The zero-order chi connectivity index (χ0) is 20.8. The molecule has 9 nitrogen and oxygen atoms in total. The molecular formula is C20H15FN6O3. The topological polar surface area (TPSA) is 104 Å². The number of nitrogens with zero attached hydrogens (tertiary/aromatic N) is 6. The highest BCUT2D eigenvalue weighted by molar-refractivity contribution is 6.25. The van der Waals surface area contributed by atoms with Crippen molar-refractivity contribution in [1.82, 2.24) is 15.1 Å². The number of aromatic nitrogens is 2. The number of hydrogen-bond acceptors (Lipinski definition) is 8. The molecule has 2 amide bonds. The first kappa shape index (κ1) is 18.1. The highest BCUT2D eigenvalue weighted by Gasteiger charge is 2.55. The van der Waals surface area contributed by atoms with E-state index in [4.69, 9.17) is 4.52 Å². The molecule has 150 valence electrons. The van der Waals surface area contributed by atoms with Crippen molar-refractivity contribution in [2.24, 2.45) is 10.3 Å². The van der Waals surface area contributed by atoms with E-state index in [0.29, 0.717) is 5.82 Å². The average molecular weight is 406 g/mol. The fourth-order valence-electron chi connectivity index (χ4n) is 3.58. The van der Waals surface area contributed by atoms with E-state index in [1.54, 1.807) is 0 Å². The lowest BCUT2D eigenvalue weighted by molar-refractivity contribution is -0.123. The largest absolute Gasteiger partial charge is 0.337 e. The van der Waals surface area contributed by atoms with Gasteiger partial charge in [0, 0.05) is 5.56 Å². The van der Waals surface area contributed by atoms with Crippen LogP contribution in [0.25, 0.3) is 11.4 Å². The van der Waals surface area contributed by atoms with Gasteiger partial charge in [-0.25, -0.2) is 9.29 Å². The van der Waals surface area contributed by atoms with Crippen molar-refractivity contribution in [1.29, 1.82) is 0 Å². The predicted octanol–water partition coefficient (Wildman–Crippen LogP) is 2.68. The molecule has 2 aliphatic rings. The maximum Gasteiger partial charge on any atom is 0.263 e. The lowest BCUT2D eigenvalue weighted by Crippen LogP contribution is -2.39. The summed E-state index contributed by atoms with van der Waals surface area (Å²) in [6.07, 6.45) is 0. The summed E-state index contributed by atoms with van der Waals surface area (Å²) < 4.78 is 18.9. The summed E-state index contributed by atoms with van der Waals surface area (Å²) in [5.74, 6) is -0.975. The summed E-state index contributed by atoms with van der Waals surface area (Å²) in [5, 5.41) is 13.2. The number of imide groups is 1. The molecule has 30 heavy (non-hydrogen) atoms. The highest BCUT2D eigenvalue weighted by atomic mass is 19.1. The SMILES string of the molecule is Cc1cccc(-c2noc(CN3N=N[C@H]4C(=O)N(c5cccc(F)c5)C(=O)[C@H]43)n2)c1. The van der Waals surface area contributed by atoms with Gasteiger partial charge in [0.05, 0.1) is 5.69 Å². The van der Waals surface area contributed by atoms with Crippen LogP contribution in [0, 0.1) is 12.7 Å². The molecule has 0 spiro atoms. The summed E-state index contributed by atoms with van der Waals surface area (Å²) in [6.45, 7) is 1.97. The Hall–Kier alpha value is -3.95. The predicted molar refractivity (Wildman–Crippen MR) is 101 cm³/mol. The summed E-state index contributed by atoms with van der Waals surface area (Å²) in [4.78, 5) is 30.9. The first-order chi connectivity index (χ1) is 14.5. The number of anilines is 1. The van der Waals surface area contributed by atoms with Gasteiger partial charge in [0.15, 0.2) is 12.1 Å². The third-order valence-electron chi connectivity index (χ3n) is 4.97. The second-order valence-corrected chi connectivity index (χ2v) is 7.07. The van der Waals surface area contributed by atoms with E-state index in [1.807, 2.05) is 31.2 Å². The van der Waals surface area contributed by atoms with Crippen molar-refractivity contribution >= 4 is 17.5 Å².